The fourth-order valence-corrected chi connectivity index (χ4v) is 1.05. The third-order valence-electron chi connectivity index (χ3n) is 2.38. The van der Waals surface area contributed by atoms with Crippen LogP contribution in [0.15, 0.2) is 23.8 Å². The fraction of sp³-hybridized carbons (Fsp3) is 0.615. The van der Waals surface area contributed by atoms with Gasteiger partial charge < -0.3 is 5.41 Å². The van der Waals surface area contributed by atoms with Gasteiger partial charge in [0.05, 0.1) is 0 Å². The standard InChI is InChI=1S/C13H23N/c1-6-11(2)7-8-12(9-10-14)13(3,4)5/h7-11,14H,6H2,1-5H3/b8-7-,12-9+,14-10?. The first kappa shape index (κ1) is 13.2. The molecule has 0 spiro atoms. The summed E-state index contributed by atoms with van der Waals surface area (Å²) in [4.78, 5) is 0. The summed E-state index contributed by atoms with van der Waals surface area (Å²) in [5, 5.41) is 7.11. The van der Waals surface area contributed by atoms with E-state index < -0.39 is 0 Å². The largest absolute Gasteiger partial charge is 0.309 e. The Morgan fingerprint density at radius 1 is 1.36 bits per heavy atom. The van der Waals surface area contributed by atoms with Gasteiger partial charge in [0.1, 0.15) is 0 Å². The van der Waals surface area contributed by atoms with Gasteiger partial charge in [0.2, 0.25) is 0 Å². The Bertz CT molecular complexity index is 228. The molecule has 0 aromatic heterocycles. The minimum Gasteiger partial charge on any atom is -0.309 e. The van der Waals surface area contributed by atoms with Crippen LogP contribution in [0.2, 0.25) is 0 Å². The van der Waals surface area contributed by atoms with Crippen LogP contribution in [0, 0.1) is 16.7 Å². The molecule has 0 fully saturated rings. The summed E-state index contributed by atoms with van der Waals surface area (Å²) in [5.41, 5.74) is 1.34. The SMILES string of the molecule is CCC(C)/C=C\C(=C/C=N)C(C)(C)C. The molecule has 0 rings (SSSR count). The van der Waals surface area contributed by atoms with Crippen LogP contribution in [0.4, 0.5) is 0 Å². The van der Waals surface area contributed by atoms with Crippen LogP contribution in [0.25, 0.3) is 0 Å². The normalized spacial score (nSPS) is 15.9. The van der Waals surface area contributed by atoms with E-state index in [4.69, 9.17) is 5.41 Å². The molecule has 1 atom stereocenters. The molecule has 0 aliphatic carbocycles. The second kappa shape index (κ2) is 5.79. The van der Waals surface area contributed by atoms with Crippen molar-refractivity contribution in [3.05, 3.63) is 23.8 Å². The van der Waals surface area contributed by atoms with Crippen molar-refractivity contribution in [2.75, 3.05) is 0 Å². The predicted molar refractivity (Wildman–Crippen MR) is 64.9 cm³/mol. The molecular weight excluding hydrogens is 170 g/mol. The maximum absolute atomic E-state index is 7.11. The highest BCUT2D eigenvalue weighted by Crippen LogP contribution is 2.26. The zero-order chi connectivity index (χ0) is 11.2. The van der Waals surface area contributed by atoms with E-state index in [0.29, 0.717) is 5.92 Å². The highest BCUT2D eigenvalue weighted by Gasteiger charge is 2.13. The molecule has 80 valence electrons. The Morgan fingerprint density at radius 3 is 2.29 bits per heavy atom. The molecule has 0 radical (unpaired) electrons. The first-order valence-corrected chi connectivity index (χ1v) is 5.31. The summed E-state index contributed by atoms with van der Waals surface area (Å²) in [5.74, 6) is 0.617. The van der Waals surface area contributed by atoms with Gasteiger partial charge in [-0.15, -0.1) is 0 Å². The minimum absolute atomic E-state index is 0.126. The van der Waals surface area contributed by atoms with Crippen LogP contribution in [-0.2, 0) is 0 Å². The molecule has 0 aromatic rings. The molecule has 1 nitrogen and oxygen atoms in total. The predicted octanol–water partition coefficient (Wildman–Crippen LogP) is 4.21. The average Bonchev–Trinajstić information content (AvgIpc) is 2.09. The molecule has 0 saturated heterocycles. The molecule has 1 N–H and O–H groups in total. The lowest BCUT2D eigenvalue weighted by molar-refractivity contribution is 0.516. The zero-order valence-electron chi connectivity index (χ0n) is 10.1. The molecule has 1 unspecified atom stereocenters. The van der Waals surface area contributed by atoms with Gasteiger partial charge in [0.25, 0.3) is 0 Å². The maximum atomic E-state index is 7.11. The molecule has 1 heteroatoms. The number of hydrogen-bond donors (Lipinski definition) is 1. The van der Waals surface area contributed by atoms with E-state index in [1.807, 2.05) is 6.08 Å². The van der Waals surface area contributed by atoms with Gasteiger partial charge in [-0.1, -0.05) is 53.2 Å². The van der Waals surface area contributed by atoms with Crippen molar-refractivity contribution in [3.63, 3.8) is 0 Å². The van der Waals surface area contributed by atoms with Gasteiger partial charge in [-0.25, -0.2) is 0 Å². The van der Waals surface area contributed by atoms with Gasteiger partial charge in [0, 0.05) is 6.21 Å². The summed E-state index contributed by atoms with van der Waals surface area (Å²) in [7, 11) is 0. The molecule has 0 aliphatic heterocycles. The Morgan fingerprint density at radius 2 is 1.93 bits per heavy atom. The highest BCUT2D eigenvalue weighted by molar-refractivity contribution is 5.70. The third kappa shape index (κ3) is 5.00. The zero-order valence-corrected chi connectivity index (χ0v) is 10.1. The summed E-state index contributed by atoms with van der Waals surface area (Å²) >= 11 is 0. The average molecular weight is 193 g/mol. The second-order valence-corrected chi connectivity index (χ2v) is 4.78. The van der Waals surface area contributed by atoms with Crippen molar-refractivity contribution >= 4 is 6.21 Å². The smallest absolute Gasteiger partial charge is 0.0180 e. The maximum Gasteiger partial charge on any atom is 0.0180 e. The monoisotopic (exact) mass is 193 g/mol. The third-order valence-corrected chi connectivity index (χ3v) is 2.38. The molecule has 0 bridgehead atoms. The Balaban J connectivity index is 4.64. The molecule has 0 aliphatic rings. The van der Waals surface area contributed by atoms with Gasteiger partial charge in [-0.3, -0.25) is 0 Å². The molecule has 0 aromatic carbocycles. The van der Waals surface area contributed by atoms with E-state index in [0.717, 1.165) is 0 Å². The van der Waals surface area contributed by atoms with Crippen molar-refractivity contribution < 1.29 is 0 Å². The molecular formula is C13H23N. The number of nitrogens with one attached hydrogen (secondary N) is 1. The Hall–Kier alpha value is -0.850. The van der Waals surface area contributed by atoms with Crippen LogP contribution >= 0.6 is 0 Å². The lowest BCUT2D eigenvalue weighted by atomic mass is 9.85. The van der Waals surface area contributed by atoms with Gasteiger partial charge in [-0.2, -0.15) is 0 Å². The van der Waals surface area contributed by atoms with E-state index in [1.165, 1.54) is 18.2 Å². The number of hydrogen-bond acceptors (Lipinski definition) is 1. The lowest BCUT2D eigenvalue weighted by Crippen LogP contribution is -2.08. The summed E-state index contributed by atoms with van der Waals surface area (Å²) in [6.07, 6.45) is 8.78. The van der Waals surface area contributed by atoms with E-state index in [1.54, 1.807) is 0 Å². The molecule has 0 amide bonds. The van der Waals surface area contributed by atoms with Crippen molar-refractivity contribution in [1.82, 2.24) is 0 Å². The minimum atomic E-state index is 0.126. The molecule has 0 saturated carbocycles. The van der Waals surface area contributed by atoms with Crippen molar-refractivity contribution in [3.8, 4) is 0 Å². The quantitative estimate of drug-likeness (QED) is 0.511. The van der Waals surface area contributed by atoms with Crippen molar-refractivity contribution in [2.45, 2.75) is 41.0 Å². The Kier molecular flexibility index (Phi) is 5.44. The lowest BCUT2D eigenvalue weighted by Gasteiger charge is -2.20. The van der Waals surface area contributed by atoms with Crippen LogP contribution in [0.3, 0.4) is 0 Å². The number of rotatable bonds is 4. The van der Waals surface area contributed by atoms with Gasteiger partial charge in [-0.05, 0) is 23.0 Å². The molecule has 14 heavy (non-hydrogen) atoms. The van der Waals surface area contributed by atoms with E-state index in [9.17, 15) is 0 Å². The van der Waals surface area contributed by atoms with Gasteiger partial charge in [0.15, 0.2) is 0 Å². The first-order chi connectivity index (χ1) is 6.41. The van der Waals surface area contributed by atoms with Gasteiger partial charge >= 0.3 is 0 Å². The number of allylic oxidation sites excluding steroid dienone is 4. The van der Waals surface area contributed by atoms with E-state index in [2.05, 4.69) is 46.8 Å². The summed E-state index contributed by atoms with van der Waals surface area (Å²) in [6, 6.07) is 0. The summed E-state index contributed by atoms with van der Waals surface area (Å²) in [6.45, 7) is 10.9. The highest BCUT2D eigenvalue weighted by atomic mass is 14.3. The van der Waals surface area contributed by atoms with Crippen molar-refractivity contribution in [1.29, 1.82) is 5.41 Å². The van der Waals surface area contributed by atoms with E-state index >= 15 is 0 Å². The van der Waals surface area contributed by atoms with Crippen LogP contribution in [0.5, 0.6) is 0 Å². The van der Waals surface area contributed by atoms with Crippen LogP contribution in [-0.4, -0.2) is 6.21 Å². The van der Waals surface area contributed by atoms with Crippen LogP contribution < -0.4 is 0 Å². The van der Waals surface area contributed by atoms with Crippen LogP contribution in [0.1, 0.15) is 41.0 Å². The second-order valence-electron chi connectivity index (χ2n) is 4.78. The first-order valence-electron chi connectivity index (χ1n) is 5.31. The van der Waals surface area contributed by atoms with Crippen molar-refractivity contribution in [2.24, 2.45) is 11.3 Å². The summed E-state index contributed by atoms with van der Waals surface area (Å²) < 4.78 is 0. The van der Waals surface area contributed by atoms with E-state index in [-0.39, 0.29) is 5.41 Å². The topological polar surface area (TPSA) is 23.9 Å². The fourth-order valence-electron chi connectivity index (χ4n) is 1.05. The molecule has 0 heterocycles. The Labute approximate surface area is 88.4 Å².